The van der Waals surface area contributed by atoms with Gasteiger partial charge in [0.1, 0.15) is 0 Å². The van der Waals surface area contributed by atoms with Gasteiger partial charge in [-0.15, -0.1) is 0 Å². The summed E-state index contributed by atoms with van der Waals surface area (Å²) in [7, 11) is 1.99. The van der Waals surface area contributed by atoms with E-state index in [0.29, 0.717) is 45.4 Å². The van der Waals surface area contributed by atoms with Crippen molar-refractivity contribution >= 4 is 11.9 Å². The van der Waals surface area contributed by atoms with Gasteiger partial charge in [-0.25, -0.2) is 0 Å². The lowest BCUT2D eigenvalue weighted by atomic mass is 9.31. The molecule has 2 heterocycles. The number of carbonyl (C=O) groups is 1. The average Bonchev–Trinajstić information content (AvgIpc) is 3.39. The highest BCUT2D eigenvalue weighted by Gasteiger charge is 2.73. The van der Waals surface area contributed by atoms with Crippen LogP contribution in [0.3, 0.4) is 0 Å². The Labute approximate surface area is 243 Å². The summed E-state index contributed by atoms with van der Waals surface area (Å²) < 4.78 is 8.69. The lowest BCUT2D eigenvalue weighted by molar-refractivity contribution is -0.236. The molecule has 4 heteroatoms. The first-order valence-electron chi connectivity index (χ1n) is 16.5. The van der Waals surface area contributed by atoms with Crippen molar-refractivity contribution in [3.05, 3.63) is 23.0 Å². The molecule has 6 aliphatic rings. The highest BCUT2D eigenvalue weighted by atomic mass is 16.5. The molecule has 1 aromatic heterocycles. The fourth-order valence-electron chi connectivity index (χ4n) is 12.8. The zero-order valence-corrected chi connectivity index (χ0v) is 26.8. The lowest BCUT2D eigenvalue weighted by Crippen LogP contribution is -2.67. The van der Waals surface area contributed by atoms with E-state index in [2.05, 4.69) is 66.6 Å². The summed E-state index contributed by atoms with van der Waals surface area (Å²) in [5, 5.41) is 4.48. The third kappa shape index (κ3) is 3.18. The first-order valence-corrected chi connectivity index (χ1v) is 16.5. The number of ketones is 1. The summed E-state index contributed by atoms with van der Waals surface area (Å²) in [5.41, 5.74) is 4.46. The van der Waals surface area contributed by atoms with Crippen LogP contribution in [0.1, 0.15) is 118 Å². The van der Waals surface area contributed by atoms with Crippen LogP contribution in [-0.4, -0.2) is 28.3 Å². The zero-order valence-electron chi connectivity index (χ0n) is 26.8. The van der Waals surface area contributed by atoms with Crippen LogP contribution in [0.4, 0.5) is 0 Å². The van der Waals surface area contributed by atoms with E-state index in [1.54, 1.807) is 0 Å². The Morgan fingerprint density at radius 3 is 2.35 bits per heavy atom. The molecule has 0 amide bonds. The van der Waals surface area contributed by atoms with Crippen LogP contribution in [0.25, 0.3) is 6.08 Å². The van der Waals surface area contributed by atoms with Crippen molar-refractivity contribution in [1.29, 1.82) is 0 Å². The van der Waals surface area contributed by atoms with Crippen molar-refractivity contribution in [3.8, 4) is 0 Å². The molecule has 1 saturated heterocycles. The normalized spacial score (nSPS) is 49.7. The summed E-state index contributed by atoms with van der Waals surface area (Å²) in [5.74, 6) is 2.96. The van der Waals surface area contributed by atoms with E-state index in [4.69, 9.17) is 4.74 Å². The van der Waals surface area contributed by atoms with Crippen molar-refractivity contribution in [3.63, 3.8) is 0 Å². The first kappa shape index (κ1) is 27.4. The van der Waals surface area contributed by atoms with Crippen molar-refractivity contribution in [2.45, 2.75) is 119 Å². The molecule has 4 nitrogen and oxygen atoms in total. The molecule has 0 spiro atoms. The number of carbonyl (C=O) groups excluding carboxylic acids is 1. The third-order valence-electron chi connectivity index (χ3n) is 15.3. The number of aryl methyl sites for hydroxylation is 1. The molecule has 0 N–H and O–H groups in total. The van der Waals surface area contributed by atoms with Gasteiger partial charge in [0.2, 0.25) is 0 Å². The smallest absolute Gasteiger partial charge is 0.164 e. The second-order valence-electron chi connectivity index (χ2n) is 17.5. The molecule has 2 bridgehead atoms. The molecule has 5 saturated carbocycles. The van der Waals surface area contributed by atoms with Gasteiger partial charge in [0.25, 0.3) is 0 Å². The second kappa shape index (κ2) is 8.14. The lowest BCUT2D eigenvalue weighted by Gasteiger charge is -2.73. The van der Waals surface area contributed by atoms with Gasteiger partial charge in [-0.05, 0) is 127 Å². The average molecular weight is 547 g/mol. The van der Waals surface area contributed by atoms with Crippen molar-refractivity contribution in [2.24, 2.45) is 63.2 Å². The number of aromatic nitrogens is 2. The van der Waals surface area contributed by atoms with E-state index in [1.807, 2.05) is 17.9 Å². The molecule has 4 unspecified atom stereocenters. The summed E-state index contributed by atoms with van der Waals surface area (Å²) in [6.45, 7) is 20.6. The van der Waals surface area contributed by atoms with Crippen LogP contribution in [0.15, 0.2) is 11.8 Å². The van der Waals surface area contributed by atoms with Gasteiger partial charge in [-0.1, -0.05) is 48.5 Å². The summed E-state index contributed by atoms with van der Waals surface area (Å²) >= 11 is 0. The Balaban J connectivity index is 1.28. The second-order valence-corrected chi connectivity index (χ2v) is 17.5. The summed E-state index contributed by atoms with van der Waals surface area (Å²) in [4.78, 5) is 14.1. The van der Waals surface area contributed by atoms with E-state index in [9.17, 15) is 4.79 Å². The maximum Gasteiger partial charge on any atom is 0.164 e. The van der Waals surface area contributed by atoms with Gasteiger partial charge in [-0.3, -0.25) is 9.48 Å². The maximum absolute atomic E-state index is 14.1. The number of nitrogens with zero attached hydrogens (tertiary/aromatic N) is 2. The van der Waals surface area contributed by atoms with E-state index in [1.165, 1.54) is 51.4 Å². The minimum absolute atomic E-state index is 0.136. The van der Waals surface area contributed by atoms with Gasteiger partial charge in [0, 0.05) is 23.7 Å². The Morgan fingerprint density at radius 2 is 1.65 bits per heavy atom. The van der Waals surface area contributed by atoms with Crippen molar-refractivity contribution in [2.75, 3.05) is 6.61 Å². The molecule has 220 valence electrons. The number of rotatable bonds is 1. The highest BCUT2D eigenvalue weighted by molar-refractivity contribution is 6.04. The third-order valence-corrected chi connectivity index (χ3v) is 15.3. The van der Waals surface area contributed by atoms with Crippen LogP contribution >= 0.6 is 0 Å². The first-order chi connectivity index (χ1) is 18.6. The van der Waals surface area contributed by atoms with E-state index >= 15 is 0 Å². The molecule has 40 heavy (non-hydrogen) atoms. The molecule has 5 aliphatic carbocycles. The monoisotopic (exact) mass is 546 g/mol. The fourth-order valence-corrected chi connectivity index (χ4v) is 12.8. The predicted octanol–water partition coefficient (Wildman–Crippen LogP) is 8.18. The Morgan fingerprint density at radius 1 is 0.925 bits per heavy atom. The molecule has 0 radical (unpaired) electrons. The predicted molar refractivity (Wildman–Crippen MR) is 160 cm³/mol. The minimum atomic E-state index is -0.328. The maximum atomic E-state index is 14.1. The van der Waals surface area contributed by atoms with Crippen molar-refractivity contribution < 1.29 is 9.53 Å². The summed E-state index contributed by atoms with van der Waals surface area (Å²) in [6.07, 6.45) is 16.0. The molecule has 0 aromatic carbocycles. The van der Waals surface area contributed by atoms with Gasteiger partial charge in [-0.2, -0.15) is 5.10 Å². The van der Waals surface area contributed by atoms with Crippen LogP contribution < -0.4 is 0 Å². The number of allylic oxidation sites excluding steroid dienone is 1. The largest absolute Gasteiger partial charge is 0.377 e. The quantitative estimate of drug-likeness (QED) is 0.334. The van der Waals surface area contributed by atoms with Crippen LogP contribution in [-0.2, 0) is 16.6 Å². The topological polar surface area (TPSA) is 44.1 Å². The van der Waals surface area contributed by atoms with E-state index < -0.39 is 0 Å². The number of Topliss-reactive ketones (excluding diaryl/α,β-unsaturated/α-hetero) is 1. The van der Waals surface area contributed by atoms with Gasteiger partial charge in [0.05, 0.1) is 18.9 Å². The molecular formula is C36H54N2O2. The number of ether oxygens (including phenoxy) is 1. The van der Waals surface area contributed by atoms with Crippen molar-refractivity contribution in [1.82, 2.24) is 9.78 Å². The standard InChI is InChI=1S/C36H54N2O2/c1-22-24(20-37-38(22)9)18-23-19-33(6)26(32(4,5)29(23)39)12-13-35(8)27(33)11-10-25-28-30-31(2,3)14-16-36(28,21-40-30)17-15-34(25,35)7/h18,20,25-28,30H,10-17,19,21H2,1-9H3/b23-18+/t25?,26?,27?,28?,30-,33+,34-,35-,36-/m1/s1. The fraction of sp³-hybridized carbons (Fsp3) is 0.833. The van der Waals surface area contributed by atoms with E-state index in [0.717, 1.165) is 41.7 Å². The molecular weight excluding hydrogens is 492 g/mol. The molecule has 7 rings (SSSR count). The Kier molecular flexibility index (Phi) is 5.58. The van der Waals surface area contributed by atoms with Gasteiger partial charge < -0.3 is 4.74 Å². The zero-order chi connectivity index (χ0) is 28.7. The molecule has 6 fully saturated rings. The van der Waals surface area contributed by atoms with Crippen LogP contribution in [0.5, 0.6) is 0 Å². The van der Waals surface area contributed by atoms with Crippen LogP contribution in [0, 0.1) is 63.1 Å². The van der Waals surface area contributed by atoms with Gasteiger partial charge >= 0.3 is 0 Å². The molecule has 1 aromatic rings. The van der Waals surface area contributed by atoms with E-state index in [-0.39, 0.29) is 10.8 Å². The highest BCUT2D eigenvalue weighted by Crippen LogP contribution is 2.78. The SMILES string of the molecule is Cc1c(/C=C2\C[C@@]3(C)C(CC[C@]4(C)C3CCC3C5[C@H]6OC[C@@]5(CCC6(C)C)CC[C@]34C)C(C)(C)C2=O)cnn1C. The Hall–Kier alpha value is -1.42. The molecule has 9 atom stereocenters. The minimum Gasteiger partial charge on any atom is -0.377 e. The number of hydrogen-bond donors (Lipinski definition) is 0. The Bertz CT molecular complexity index is 1290. The summed E-state index contributed by atoms with van der Waals surface area (Å²) in [6, 6.07) is 0. The van der Waals surface area contributed by atoms with Crippen LogP contribution in [0.2, 0.25) is 0 Å². The van der Waals surface area contributed by atoms with Gasteiger partial charge in [0.15, 0.2) is 5.78 Å². The number of hydrogen-bond acceptors (Lipinski definition) is 3. The molecule has 1 aliphatic heterocycles. The number of fused-ring (bicyclic) bond motifs is 5.